The van der Waals surface area contributed by atoms with Crippen molar-refractivity contribution in [3.63, 3.8) is 0 Å². The van der Waals surface area contributed by atoms with E-state index in [0.29, 0.717) is 19.8 Å². The molecular weight excluding hydrogens is 397 g/mol. The number of rotatable bonds is 2. The van der Waals surface area contributed by atoms with Gasteiger partial charge in [0.2, 0.25) is 0 Å². The topological polar surface area (TPSA) is 48.4 Å². The zero-order valence-corrected chi connectivity index (χ0v) is 16.9. The fourth-order valence-corrected chi connectivity index (χ4v) is 4.18. The highest BCUT2D eigenvalue weighted by Gasteiger charge is 2.45. The van der Waals surface area contributed by atoms with E-state index in [1.807, 2.05) is 29.2 Å². The van der Waals surface area contributed by atoms with Crippen molar-refractivity contribution in [2.75, 3.05) is 44.8 Å². The SMILES string of the molecule is CN1C=C(C(=O)N2CCOCC2)C(C(F)(F)F)=NC1N1CCCCc2ccccc21. The number of nitrogens with zero attached hydrogens (tertiary/aromatic N) is 4. The molecule has 0 N–H and O–H groups in total. The summed E-state index contributed by atoms with van der Waals surface area (Å²) in [6.07, 6.45) is -1.57. The maximum absolute atomic E-state index is 14.0. The molecular formula is C21H25F3N4O2. The van der Waals surface area contributed by atoms with Gasteiger partial charge in [0.1, 0.15) is 0 Å². The third-order valence-corrected chi connectivity index (χ3v) is 5.67. The van der Waals surface area contributed by atoms with E-state index in [1.165, 1.54) is 11.1 Å². The van der Waals surface area contributed by atoms with Crippen molar-refractivity contribution >= 4 is 17.3 Å². The van der Waals surface area contributed by atoms with Gasteiger partial charge >= 0.3 is 6.18 Å². The average molecular weight is 422 g/mol. The van der Waals surface area contributed by atoms with Crippen LogP contribution in [0.5, 0.6) is 0 Å². The number of hydrogen-bond donors (Lipinski definition) is 0. The van der Waals surface area contributed by atoms with Gasteiger partial charge in [-0.3, -0.25) is 4.79 Å². The molecule has 1 aromatic carbocycles. The van der Waals surface area contributed by atoms with Crippen LogP contribution in [0, 0.1) is 0 Å². The minimum atomic E-state index is -4.72. The van der Waals surface area contributed by atoms with Crippen LogP contribution in [0.15, 0.2) is 41.0 Å². The molecule has 0 radical (unpaired) electrons. The van der Waals surface area contributed by atoms with Crippen molar-refractivity contribution in [1.82, 2.24) is 9.80 Å². The van der Waals surface area contributed by atoms with Crippen LogP contribution in [0.2, 0.25) is 0 Å². The van der Waals surface area contributed by atoms with Crippen LogP contribution < -0.4 is 4.90 Å². The predicted molar refractivity (Wildman–Crippen MR) is 107 cm³/mol. The van der Waals surface area contributed by atoms with Gasteiger partial charge in [-0.2, -0.15) is 13.2 Å². The second-order valence-electron chi connectivity index (χ2n) is 7.71. The van der Waals surface area contributed by atoms with Crippen LogP contribution in [0.3, 0.4) is 0 Å². The molecule has 1 saturated heterocycles. The molecule has 1 unspecified atom stereocenters. The number of benzene rings is 1. The van der Waals surface area contributed by atoms with Gasteiger partial charge in [0.05, 0.1) is 18.8 Å². The summed E-state index contributed by atoms with van der Waals surface area (Å²) in [6, 6.07) is 7.76. The van der Waals surface area contributed by atoms with E-state index in [-0.39, 0.29) is 13.1 Å². The molecule has 0 aliphatic carbocycles. The molecule has 0 saturated carbocycles. The second-order valence-corrected chi connectivity index (χ2v) is 7.71. The highest BCUT2D eigenvalue weighted by atomic mass is 19.4. The average Bonchev–Trinajstić information content (AvgIpc) is 2.95. The maximum atomic E-state index is 14.0. The van der Waals surface area contributed by atoms with Gasteiger partial charge < -0.3 is 19.4 Å². The number of alkyl halides is 3. The van der Waals surface area contributed by atoms with Crippen molar-refractivity contribution in [2.24, 2.45) is 4.99 Å². The van der Waals surface area contributed by atoms with Gasteiger partial charge in [-0.15, -0.1) is 0 Å². The molecule has 1 fully saturated rings. The standard InChI is InChI=1S/C21H25F3N4O2/c1-26-14-16(19(29)27-10-12-30-13-11-27)18(21(22,23)24)25-20(26)28-9-5-4-7-15-6-2-3-8-17(15)28/h2-3,6,8,14,20H,4-5,7,9-13H2,1H3. The Morgan fingerprint density at radius 3 is 2.60 bits per heavy atom. The van der Waals surface area contributed by atoms with E-state index in [1.54, 1.807) is 11.9 Å². The number of ether oxygens (including phenoxy) is 1. The molecule has 3 aliphatic rings. The lowest BCUT2D eigenvalue weighted by Crippen LogP contribution is -2.51. The van der Waals surface area contributed by atoms with Crippen LogP contribution in [0.4, 0.5) is 18.9 Å². The van der Waals surface area contributed by atoms with E-state index in [4.69, 9.17) is 4.74 Å². The van der Waals surface area contributed by atoms with Crippen molar-refractivity contribution in [1.29, 1.82) is 0 Å². The summed E-state index contributed by atoms with van der Waals surface area (Å²) in [6.45, 7) is 1.78. The molecule has 1 atom stereocenters. The second kappa shape index (κ2) is 8.29. The van der Waals surface area contributed by atoms with E-state index < -0.39 is 29.7 Å². The van der Waals surface area contributed by atoms with Crippen molar-refractivity contribution in [3.05, 3.63) is 41.6 Å². The molecule has 6 nitrogen and oxygen atoms in total. The minimum Gasteiger partial charge on any atom is -0.378 e. The first kappa shape index (κ1) is 20.7. The molecule has 1 aromatic rings. The molecule has 0 spiro atoms. The van der Waals surface area contributed by atoms with Gasteiger partial charge in [0.15, 0.2) is 12.0 Å². The highest BCUT2D eigenvalue weighted by Crippen LogP contribution is 2.33. The summed E-state index contributed by atoms with van der Waals surface area (Å²) in [5.41, 5.74) is 0.481. The number of carbonyl (C=O) groups is 1. The smallest absolute Gasteiger partial charge is 0.378 e. The molecule has 0 aromatic heterocycles. The van der Waals surface area contributed by atoms with Gasteiger partial charge in [-0.25, -0.2) is 4.99 Å². The number of fused-ring (bicyclic) bond motifs is 1. The summed E-state index contributed by atoms with van der Waals surface area (Å²) in [5, 5.41) is 0. The Hall–Kier alpha value is -2.55. The molecule has 162 valence electrons. The van der Waals surface area contributed by atoms with Crippen molar-refractivity contribution < 1.29 is 22.7 Å². The number of amides is 1. The number of para-hydroxylation sites is 1. The van der Waals surface area contributed by atoms with E-state index in [0.717, 1.165) is 30.5 Å². The Balaban J connectivity index is 1.70. The van der Waals surface area contributed by atoms with Gasteiger partial charge in [0.25, 0.3) is 5.91 Å². The first-order chi connectivity index (χ1) is 14.4. The van der Waals surface area contributed by atoms with Gasteiger partial charge in [-0.1, -0.05) is 18.2 Å². The highest BCUT2D eigenvalue weighted by molar-refractivity contribution is 6.24. The maximum Gasteiger partial charge on any atom is 0.433 e. The number of carbonyl (C=O) groups excluding carboxylic acids is 1. The van der Waals surface area contributed by atoms with E-state index in [9.17, 15) is 18.0 Å². The summed E-state index contributed by atoms with van der Waals surface area (Å²) in [4.78, 5) is 21.9. The molecule has 1 amide bonds. The van der Waals surface area contributed by atoms with E-state index in [2.05, 4.69) is 4.99 Å². The summed E-state index contributed by atoms with van der Waals surface area (Å²) >= 11 is 0. The van der Waals surface area contributed by atoms with Crippen LogP contribution in [0.1, 0.15) is 18.4 Å². The summed E-state index contributed by atoms with van der Waals surface area (Å²) in [7, 11) is 1.67. The van der Waals surface area contributed by atoms with Gasteiger partial charge in [0, 0.05) is 38.6 Å². The Morgan fingerprint density at radius 1 is 1.13 bits per heavy atom. The van der Waals surface area contributed by atoms with Crippen LogP contribution in [0.25, 0.3) is 0 Å². The number of aliphatic imine (C=N–C) groups is 1. The molecule has 9 heteroatoms. The van der Waals surface area contributed by atoms with Crippen molar-refractivity contribution in [3.8, 4) is 0 Å². The van der Waals surface area contributed by atoms with Gasteiger partial charge in [-0.05, 0) is 30.9 Å². The van der Waals surface area contributed by atoms with Crippen molar-refractivity contribution in [2.45, 2.75) is 31.7 Å². The summed E-state index contributed by atoms with van der Waals surface area (Å²) in [5.74, 6) is -0.657. The molecule has 30 heavy (non-hydrogen) atoms. The number of halogens is 3. The first-order valence-corrected chi connectivity index (χ1v) is 10.2. The molecule has 0 bridgehead atoms. The third-order valence-electron chi connectivity index (χ3n) is 5.67. The first-order valence-electron chi connectivity index (χ1n) is 10.2. The number of aryl methyl sites for hydroxylation is 1. The Morgan fingerprint density at radius 2 is 1.87 bits per heavy atom. The third kappa shape index (κ3) is 4.03. The Bertz CT molecular complexity index is 862. The zero-order valence-electron chi connectivity index (χ0n) is 16.9. The van der Waals surface area contributed by atoms with E-state index >= 15 is 0 Å². The Labute approximate surface area is 173 Å². The number of anilines is 1. The van der Waals surface area contributed by atoms with Crippen LogP contribution in [-0.4, -0.2) is 73.8 Å². The number of morpholine rings is 1. The minimum absolute atomic E-state index is 0.272. The quantitative estimate of drug-likeness (QED) is 0.736. The normalized spacial score (nSPS) is 22.8. The predicted octanol–water partition coefficient (Wildman–Crippen LogP) is 2.80. The van der Waals surface area contributed by atoms with Crippen LogP contribution in [-0.2, 0) is 16.0 Å². The summed E-state index contributed by atoms with van der Waals surface area (Å²) < 4.78 is 47.1. The zero-order chi connectivity index (χ0) is 21.3. The lowest BCUT2D eigenvalue weighted by Gasteiger charge is -2.40. The molecule has 3 heterocycles. The fourth-order valence-electron chi connectivity index (χ4n) is 4.18. The molecule has 3 aliphatic heterocycles. The number of hydrogen-bond acceptors (Lipinski definition) is 5. The molecule has 4 rings (SSSR count). The fraction of sp³-hybridized carbons (Fsp3) is 0.524. The lowest BCUT2D eigenvalue weighted by molar-refractivity contribution is -0.131. The Kier molecular flexibility index (Phi) is 5.73. The largest absolute Gasteiger partial charge is 0.433 e. The monoisotopic (exact) mass is 422 g/mol. The lowest BCUT2D eigenvalue weighted by atomic mass is 10.1. The van der Waals surface area contributed by atoms with Crippen LogP contribution >= 0.6 is 0 Å².